The fourth-order valence-electron chi connectivity index (χ4n) is 1.13. The molecule has 0 aliphatic rings. The number of aliphatic carboxylic acids is 1. The molecule has 0 amide bonds. The quantitative estimate of drug-likeness (QED) is 0.838. The largest absolute Gasteiger partial charge is 0.480 e. The van der Waals surface area contributed by atoms with Gasteiger partial charge in [0.1, 0.15) is 11.9 Å². The van der Waals surface area contributed by atoms with Gasteiger partial charge in [-0.25, -0.2) is 9.18 Å². The third-order valence-corrected chi connectivity index (χ3v) is 2.26. The first kappa shape index (κ1) is 11.8. The SMILES string of the molecule is CCC(Nc1ccc(F)c(Cl)c1)C(=O)O. The number of carboxylic acid groups (broad SMARTS) is 1. The highest BCUT2D eigenvalue weighted by Crippen LogP contribution is 2.20. The van der Waals surface area contributed by atoms with Crippen LogP contribution in [0.15, 0.2) is 18.2 Å². The predicted octanol–water partition coefficient (Wildman–Crippen LogP) is 2.75. The number of carbonyl (C=O) groups is 1. The minimum absolute atomic E-state index is 0.0276. The van der Waals surface area contributed by atoms with Crippen LogP contribution in [-0.4, -0.2) is 17.1 Å². The van der Waals surface area contributed by atoms with Crippen molar-refractivity contribution < 1.29 is 14.3 Å². The van der Waals surface area contributed by atoms with Crippen LogP contribution in [0.1, 0.15) is 13.3 Å². The van der Waals surface area contributed by atoms with Gasteiger partial charge in [0.25, 0.3) is 0 Å². The maximum atomic E-state index is 12.8. The monoisotopic (exact) mass is 231 g/mol. The molecule has 5 heteroatoms. The summed E-state index contributed by atoms with van der Waals surface area (Å²) in [5.41, 5.74) is 0.496. The topological polar surface area (TPSA) is 49.3 Å². The van der Waals surface area contributed by atoms with E-state index in [0.717, 1.165) is 0 Å². The van der Waals surface area contributed by atoms with Gasteiger partial charge in [0.15, 0.2) is 0 Å². The van der Waals surface area contributed by atoms with E-state index < -0.39 is 17.8 Å². The molecule has 1 rings (SSSR count). The first-order chi connectivity index (χ1) is 7.04. The van der Waals surface area contributed by atoms with Gasteiger partial charge in [0.2, 0.25) is 0 Å². The summed E-state index contributed by atoms with van der Waals surface area (Å²) in [5, 5.41) is 11.5. The minimum Gasteiger partial charge on any atom is -0.480 e. The van der Waals surface area contributed by atoms with Crippen LogP contribution in [0.25, 0.3) is 0 Å². The Labute approximate surface area is 91.9 Å². The molecule has 2 N–H and O–H groups in total. The Morgan fingerprint density at radius 3 is 2.80 bits per heavy atom. The summed E-state index contributed by atoms with van der Waals surface area (Å²) in [6, 6.07) is 3.32. The third kappa shape index (κ3) is 3.09. The highest BCUT2D eigenvalue weighted by molar-refractivity contribution is 6.31. The van der Waals surface area contributed by atoms with Crippen LogP contribution in [0.5, 0.6) is 0 Å². The molecule has 0 aliphatic heterocycles. The number of nitrogens with one attached hydrogen (secondary N) is 1. The smallest absolute Gasteiger partial charge is 0.326 e. The van der Waals surface area contributed by atoms with Crippen molar-refractivity contribution in [3.8, 4) is 0 Å². The molecule has 1 unspecified atom stereocenters. The van der Waals surface area contributed by atoms with Crippen LogP contribution in [-0.2, 0) is 4.79 Å². The second kappa shape index (κ2) is 4.98. The first-order valence-electron chi connectivity index (χ1n) is 4.49. The number of hydrogen-bond donors (Lipinski definition) is 2. The van der Waals surface area contributed by atoms with Crippen molar-refractivity contribution in [2.75, 3.05) is 5.32 Å². The molecule has 0 saturated heterocycles. The van der Waals surface area contributed by atoms with Crippen molar-refractivity contribution in [1.82, 2.24) is 0 Å². The van der Waals surface area contributed by atoms with E-state index >= 15 is 0 Å². The number of hydrogen-bond acceptors (Lipinski definition) is 2. The lowest BCUT2D eigenvalue weighted by Gasteiger charge is -2.13. The number of halogens is 2. The molecule has 0 bridgehead atoms. The van der Waals surface area contributed by atoms with Gasteiger partial charge in [-0.3, -0.25) is 0 Å². The van der Waals surface area contributed by atoms with Crippen molar-refractivity contribution in [3.63, 3.8) is 0 Å². The minimum atomic E-state index is -0.946. The van der Waals surface area contributed by atoms with E-state index in [1.54, 1.807) is 6.92 Å². The molecule has 0 heterocycles. The second-order valence-electron chi connectivity index (χ2n) is 3.07. The zero-order valence-electron chi connectivity index (χ0n) is 8.13. The highest BCUT2D eigenvalue weighted by atomic mass is 35.5. The molecule has 0 aromatic heterocycles. The maximum Gasteiger partial charge on any atom is 0.326 e. The lowest BCUT2D eigenvalue weighted by molar-refractivity contribution is -0.137. The van der Waals surface area contributed by atoms with Crippen molar-refractivity contribution in [2.45, 2.75) is 19.4 Å². The van der Waals surface area contributed by atoms with Crippen LogP contribution >= 0.6 is 11.6 Å². The normalized spacial score (nSPS) is 12.2. The Kier molecular flexibility index (Phi) is 3.91. The molecule has 0 fully saturated rings. The Balaban J connectivity index is 2.80. The average molecular weight is 232 g/mol. The molecule has 1 aromatic rings. The van der Waals surface area contributed by atoms with E-state index in [0.29, 0.717) is 12.1 Å². The summed E-state index contributed by atoms with van der Waals surface area (Å²) >= 11 is 5.56. The molecule has 0 saturated carbocycles. The van der Waals surface area contributed by atoms with Gasteiger partial charge in [-0.2, -0.15) is 0 Å². The average Bonchev–Trinajstić information content (AvgIpc) is 2.19. The van der Waals surface area contributed by atoms with Crippen molar-refractivity contribution in [2.24, 2.45) is 0 Å². The van der Waals surface area contributed by atoms with Gasteiger partial charge in [0, 0.05) is 5.69 Å². The van der Waals surface area contributed by atoms with E-state index in [1.807, 2.05) is 0 Å². The Bertz CT molecular complexity index is 370. The zero-order valence-corrected chi connectivity index (χ0v) is 8.88. The van der Waals surface area contributed by atoms with E-state index in [9.17, 15) is 9.18 Å². The van der Waals surface area contributed by atoms with Gasteiger partial charge < -0.3 is 10.4 Å². The molecular formula is C10H11ClFNO2. The van der Waals surface area contributed by atoms with Crippen molar-refractivity contribution in [1.29, 1.82) is 0 Å². The third-order valence-electron chi connectivity index (χ3n) is 1.97. The van der Waals surface area contributed by atoms with Gasteiger partial charge >= 0.3 is 5.97 Å². The van der Waals surface area contributed by atoms with Crippen LogP contribution in [0.2, 0.25) is 5.02 Å². The number of carboxylic acids is 1. The van der Waals surface area contributed by atoms with Crippen LogP contribution in [0.4, 0.5) is 10.1 Å². The maximum absolute atomic E-state index is 12.8. The molecular weight excluding hydrogens is 221 g/mol. The van der Waals surface area contributed by atoms with E-state index in [1.165, 1.54) is 18.2 Å². The van der Waals surface area contributed by atoms with Crippen LogP contribution in [0, 0.1) is 5.82 Å². The van der Waals surface area contributed by atoms with E-state index in [2.05, 4.69) is 5.32 Å². The molecule has 0 aliphatic carbocycles. The van der Waals surface area contributed by atoms with Crippen molar-refractivity contribution >= 4 is 23.3 Å². The van der Waals surface area contributed by atoms with Crippen molar-refractivity contribution in [3.05, 3.63) is 29.0 Å². The molecule has 0 spiro atoms. The Hall–Kier alpha value is -1.29. The zero-order chi connectivity index (χ0) is 11.4. The van der Waals surface area contributed by atoms with E-state index in [-0.39, 0.29) is 5.02 Å². The summed E-state index contributed by atoms with van der Waals surface area (Å²) in [6.07, 6.45) is 0.435. The molecule has 82 valence electrons. The number of anilines is 1. The lowest BCUT2D eigenvalue weighted by Crippen LogP contribution is -2.28. The molecule has 0 radical (unpaired) electrons. The number of rotatable bonds is 4. The predicted molar refractivity (Wildman–Crippen MR) is 56.7 cm³/mol. The molecule has 1 aromatic carbocycles. The summed E-state index contributed by atoms with van der Waals surface area (Å²) in [4.78, 5) is 10.7. The highest BCUT2D eigenvalue weighted by Gasteiger charge is 2.14. The van der Waals surface area contributed by atoms with Gasteiger partial charge in [-0.15, -0.1) is 0 Å². The van der Waals surface area contributed by atoms with Crippen LogP contribution < -0.4 is 5.32 Å². The number of benzene rings is 1. The van der Waals surface area contributed by atoms with Gasteiger partial charge in [-0.05, 0) is 24.6 Å². The molecule has 3 nitrogen and oxygen atoms in total. The second-order valence-corrected chi connectivity index (χ2v) is 3.48. The summed E-state index contributed by atoms with van der Waals surface area (Å²) < 4.78 is 12.8. The standard InChI is InChI=1S/C10H11ClFNO2/c1-2-9(10(14)15)13-6-3-4-8(12)7(11)5-6/h3-5,9,13H,2H2,1H3,(H,14,15). The van der Waals surface area contributed by atoms with Crippen LogP contribution in [0.3, 0.4) is 0 Å². The fourth-order valence-corrected chi connectivity index (χ4v) is 1.31. The Morgan fingerprint density at radius 2 is 2.33 bits per heavy atom. The molecule has 1 atom stereocenters. The van der Waals surface area contributed by atoms with Gasteiger partial charge in [-0.1, -0.05) is 18.5 Å². The summed E-state index contributed by atoms with van der Waals surface area (Å²) in [6.45, 7) is 1.75. The molecule has 15 heavy (non-hydrogen) atoms. The Morgan fingerprint density at radius 1 is 1.67 bits per heavy atom. The lowest BCUT2D eigenvalue weighted by atomic mass is 10.2. The fraction of sp³-hybridized carbons (Fsp3) is 0.300. The summed E-state index contributed by atoms with van der Waals surface area (Å²) in [5.74, 6) is -1.47. The van der Waals surface area contributed by atoms with Gasteiger partial charge in [0.05, 0.1) is 5.02 Å². The summed E-state index contributed by atoms with van der Waals surface area (Å²) in [7, 11) is 0. The first-order valence-corrected chi connectivity index (χ1v) is 4.86. The van der Waals surface area contributed by atoms with E-state index in [4.69, 9.17) is 16.7 Å².